The summed E-state index contributed by atoms with van der Waals surface area (Å²) in [4.78, 5) is 38.4. The highest BCUT2D eigenvalue weighted by molar-refractivity contribution is 7.90. The molecule has 152 valence electrons. The van der Waals surface area contributed by atoms with E-state index in [1.807, 2.05) is 0 Å². The molecule has 0 saturated heterocycles. The topological polar surface area (TPSA) is 156 Å². The molecule has 0 bridgehead atoms. The molecule has 0 aliphatic rings. The first-order valence-electron chi connectivity index (χ1n) is 8.61. The molecule has 0 spiro atoms. The lowest BCUT2D eigenvalue weighted by Crippen LogP contribution is -2.32. The molecule has 29 heavy (non-hydrogen) atoms. The number of amides is 1. The monoisotopic (exact) mass is 417 g/mol. The molecule has 0 unspecified atom stereocenters. The van der Waals surface area contributed by atoms with Crippen molar-refractivity contribution in [1.29, 1.82) is 0 Å². The summed E-state index contributed by atoms with van der Waals surface area (Å²) in [5.74, 6) is -0.308. The molecule has 1 aromatic heterocycles. The molecule has 0 aliphatic carbocycles. The van der Waals surface area contributed by atoms with Crippen LogP contribution in [0.25, 0.3) is 10.9 Å². The SMILES string of the molecule is NS(=O)(=O)Nc1cccc(CNC(=O)CCn2c(=O)[nH]c(=O)c3ccccc32)c1. The first kappa shape index (κ1) is 20.3. The number of aromatic nitrogens is 2. The summed E-state index contributed by atoms with van der Waals surface area (Å²) in [5.41, 5.74) is 0.350. The van der Waals surface area contributed by atoms with Gasteiger partial charge in [-0.25, -0.2) is 9.93 Å². The predicted molar refractivity (Wildman–Crippen MR) is 108 cm³/mol. The van der Waals surface area contributed by atoms with Gasteiger partial charge in [-0.05, 0) is 29.8 Å². The number of fused-ring (bicyclic) bond motifs is 1. The summed E-state index contributed by atoms with van der Waals surface area (Å²) in [6, 6.07) is 13.1. The fourth-order valence-electron chi connectivity index (χ4n) is 2.88. The highest BCUT2D eigenvalue weighted by Gasteiger charge is 2.09. The van der Waals surface area contributed by atoms with E-state index in [4.69, 9.17) is 5.14 Å². The van der Waals surface area contributed by atoms with Gasteiger partial charge in [-0.2, -0.15) is 8.42 Å². The van der Waals surface area contributed by atoms with Gasteiger partial charge in [0.15, 0.2) is 0 Å². The molecule has 0 saturated carbocycles. The summed E-state index contributed by atoms with van der Waals surface area (Å²) >= 11 is 0. The molecule has 1 heterocycles. The standard InChI is InChI=1S/C18H19N5O5S/c19-29(27,28)22-13-5-3-4-12(10-13)11-20-16(24)8-9-23-15-7-2-1-6-14(15)17(25)21-18(23)26/h1-7,10,22H,8-9,11H2,(H,20,24)(H2,19,27,28)(H,21,25,26). The van der Waals surface area contributed by atoms with Gasteiger partial charge in [-0.1, -0.05) is 24.3 Å². The number of aromatic amines is 1. The molecule has 0 radical (unpaired) electrons. The number of nitrogens with two attached hydrogens (primary N) is 1. The summed E-state index contributed by atoms with van der Waals surface area (Å²) in [5, 5.41) is 8.01. The van der Waals surface area contributed by atoms with Gasteiger partial charge >= 0.3 is 5.69 Å². The average Bonchev–Trinajstić information content (AvgIpc) is 2.65. The molecular formula is C18H19N5O5S. The number of rotatable bonds is 7. The molecular weight excluding hydrogens is 398 g/mol. The Labute approximate surface area is 165 Å². The number of nitrogens with one attached hydrogen (secondary N) is 3. The van der Waals surface area contributed by atoms with E-state index >= 15 is 0 Å². The first-order valence-corrected chi connectivity index (χ1v) is 10.2. The second kappa shape index (κ2) is 8.29. The van der Waals surface area contributed by atoms with Gasteiger partial charge in [-0.3, -0.25) is 23.9 Å². The number of carbonyl (C=O) groups is 1. The molecule has 0 atom stereocenters. The van der Waals surface area contributed by atoms with Crippen molar-refractivity contribution in [2.45, 2.75) is 19.5 Å². The Hall–Kier alpha value is -3.44. The van der Waals surface area contributed by atoms with Crippen LogP contribution in [0.3, 0.4) is 0 Å². The highest BCUT2D eigenvalue weighted by atomic mass is 32.2. The van der Waals surface area contributed by atoms with Crippen LogP contribution < -0.4 is 26.4 Å². The van der Waals surface area contributed by atoms with Crippen LogP contribution in [0, 0.1) is 0 Å². The minimum atomic E-state index is -3.88. The van der Waals surface area contributed by atoms with Gasteiger partial charge in [0.25, 0.3) is 15.8 Å². The van der Waals surface area contributed by atoms with Crippen LogP contribution in [-0.4, -0.2) is 23.9 Å². The van der Waals surface area contributed by atoms with Gasteiger partial charge in [0.2, 0.25) is 5.91 Å². The van der Waals surface area contributed by atoms with Gasteiger partial charge in [0.05, 0.1) is 16.6 Å². The zero-order chi connectivity index (χ0) is 21.0. The zero-order valence-electron chi connectivity index (χ0n) is 15.2. The quantitative estimate of drug-likeness (QED) is 0.426. The average molecular weight is 417 g/mol. The van der Waals surface area contributed by atoms with E-state index in [0.717, 1.165) is 0 Å². The lowest BCUT2D eigenvalue weighted by atomic mass is 10.2. The van der Waals surface area contributed by atoms with Crippen molar-refractivity contribution in [1.82, 2.24) is 14.9 Å². The third kappa shape index (κ3) is 5.30. The van der Waals surface area contributed by atoms with Crippen LogP contribution in [0.5, 0.6) is 0 Å². The van der Waals surface area contributed by atoms with Crippen molar-refractivity contribution < 1.29 is 13.2 Å². The maximum atomic E-state index is 12.2. The second-order valence-electron chi connectivity index (χ2n) is 6.30. The molecule has 0 aliphatic heterocycles. The number of nitrogens with zero attached hydrogens (tertiary/aromatic N) is 1. The van der Waals surface area contributed by atoms with Crippen LogP contribution in [0.15, 0.2) is 58.1 Å². The van der Waals surface area contributed by atoms with Crippen molar-refractivity contribution >= 4 is 32.7 Å². The van der Waals surface area contributed by atoms with Crippen molar-refractivity contribution in [2.75, 3.05) is 4.72 Å². The van der Waals surface area contributed by atoms with Crippen LogP contribution in [-0.2, 0) is 28.1 Å². The molecule has 3 rings (SSSR count). The number of para-hydroxylation sites is 1. The maximum Gasteiger partial charge on any atom is 0.328 e. The fraction of sp³-hybridized carbons (Fsp3) is 0.167. The Kier molecular flexibility index (Phi) is 5.80. The van der Waals surface area contributed by atoms with Gasteiger partial charge in [-0.15, -0.1) is 0 Å². The molecule has 2 aromatic carbocycles. The summed E-state index contributed by atoms with van der Waals surface area (Å²) < 4.78 is 25.7. The Balaban J connectivity index is 1.65. The van der Waals surface area contributed by atoms with Crippen molar-refractivity contribution in [2.24, 2.45) is 5.14 Å². The summed E-state index contributed by atoms with van der Waals surface area (Å²) in [6.07, 6.45) is 0.0189. The van der Waals surface area contributed by atoms with Crippen LogP contribution in [0.4, 0.5) is 5.69 Å². The van der Waals surface area contributed by atoms with Crippen LogP contribution in [0.1, 0.15) is 12.0 Å². The minimum Gasteiger partial charge on any atom is -0.352 e. The molecule has 11 heteroatoms. The third-order valence-corrected chi connectivity index (χ3v) is 4.66. The van der Waals surface area contributed by atoms with E-state index in [9.17, 15) is 22.8 Å². The predicted octanol–water partition coefficient (Wildman–Crippen LogP) is 0.0117. The van der Waals surface area contributed by atoms with E-state index in [-0.39, 0.29) is 31.1 Å². The fourth-order valence-corrected chi connectivity index (χ4v) is 3.33. The third-order valence-electron chi connectivity index (χ3n) is 4.14. The zero-order valence-corrected chi connectivity index (χ0v) is 16.0. The Morgan fingerprint density at radius 2 is 1.86 bits per heavy atom. The van der Waals surface area contributed by atoms with Crippen molar-refractivity contribution in [3.63, 3.8) is 0 Å². The van der Waals surface area contributed by atoms with Crippen LogP contribution in [0.2, 0.25) is 0 Å². The molecule has 10 nitrogen and oxygen atoms in total. The number of benzene rings is 2. The first-order chi connectivity index (χ1) is 13.7. The number of H-pyrrole nitrogens is 1. The second-order valence-corrected chi connectivity index (χ2v) is 7.60. The molecule has 0 fully saturated rings. The van der Waals surface area contributed by atoms with E-state index in [1.54, 1.807) is 42.5 Å². The van der Waals surface area contributed by atoms with Gasteiger partial charge < -0.3 is 5.32 Å². The van der Waals surface area contributed by atoms with Gasteiger partial charge in [0.1, 0.15) is 0 Å². The summed E-state index contributed by atoms with van der Waals surface area (Å²) in [6.45, 7) is 0.259. The normalized spacial score (nSPS) is 11.3. The van der Waals surface area contributed by atoms with E-state index in [1.165, 1.54) is 10.6 Å². The molecule has 3 aromatic rings. The number of carbonyl (C=O) groups excluding carboxylic acids is 1. The van der Waals surface area contributed by atoms with Gasteiger partial charge in [0, 0.05) is 19.5 Å². The maximum absolute atomic E-state index is 12.2. The van der Waals surface area contributed by atoms with E-state index < -0.39 is 21.5 Å². The smallest absolute Gasteiger partial charge is 0.328 e. The van der Waals surface area contributed by atoms with Crippen molar-refractivity contribution in [3.05, 3.63) is 74.9 Å². The largest absolute Gasteiger partial charge is 0.352 e. The number of hydrogen-bond donors (Lipinski definition) is 4. The Bertz CT molecular complexity index is 1280. The lowest BCUT2D eigenvalue weighted by Gasteiger charge is -2.10. The number of anilines is 1. The molecule has 1 amide bonds. The minimum absolute atomic E-state index is 0.0189. The highest BCUT2D eigenvalue weighted by Crippen LogP contribution is 2.11. The number of hydrogen-bond acceptors (Lipinski definition) is 5. The van der Waals surface area contributed by atoms with Crippen molar-refractivity contribution in [3.8, 4) is 0 Å². The van der Waals surface area contributed by atoms with E-state index in [0.29, 0.717) is 16.5 Å². The Morgan fingerprint density at radius 3 is 2.62 bits per heavy atom. The lowest BCUT2D eigenvalue weighted by molar-refractivity contribution is -0.121. The number of aryl methyl sites for hydroxylation is 1. The molecule has 5 N–H and O–H groups in total. The van der Waals surface area contributed by atoms with Crippen LogP contribution >= 0.6 is 0 Å². The summed E-state index contributed by atoms with van der Waals surface area (Å²) in [7, 11) is -3.88. The van der Waals surface area contributed by atoms with E-state index in [2.05, 4.69) is 15.0 Å². The Morgan fingerprint density at radius 1 is 1.10 bits per heavy atom.